The first-order valence-corrected chi connectivity index (χ1v) is 5.55. The Balaban J connectivity index is 4.34. The molecule has 0 spiro atoms. The SMILES string of the molecule is C=CC(=O)N(CC=CN(C)C)CC=CN(C)C. The Kier molecular flexibility index (Phi) is 7.59. The molecule has 0 aromatic rings. The third-order valence-corrected chi connectivity index (χ3v) is 1.94. The van der Waals surface area contributed by atoms with Gasteiger partial charge in [0.2, 0.25) is 5.91 Å². The monoisotopic (exact) mass is 237 g/mol. The van der Waals surface area contributed by atoms with Crippen LogP contribution in [0.2, 0.25) is 0 Å². The molecule has 0 radical (unpaired) electrons. The highest BCUT2D eigenvalue weighted by atomic mass is 16.2. The number of carbonyl (C=O) groups is 1. The van der Waals surface area contributed by atoms with Crippen molar-refractivity contribution >= 4 is 5.91 Å². The highest BCUT2D eigenvalue weighted by Crippen LogP contribution is 1.94. The molecule has 0 saturated carbocycles. The van der Waals surface area contributed by atoms with Gasteiger partial charge in [0.15, 0.2) is 0 Å². The molecule has 0 atom stereocenters. The summed E-state index contributed by atoms with van der Waals surface area (Å²) in [7, 11) is 7.79. The summed E-state index contributed by atoms with van der Waals surface area (Å²) >= 11 is 0. The van der Waals surface area contributed by atoms with E-state index in [9.17, 15) is 4.79 Å². The Morgan fingerprint density at radius 1 is 1.00 bits per heavy atom. The van der Waals surface area contributed by atoms with Crippen LogP contribution in [0.5, 0.6) is 0 Å². The molecular weight excluding hydrogens is 214 g/mol. The van der Waals surface area contributed by atoms with Gasteiger partial charge in [-0.1, -0.05) is 6.58 Å². The van der Waals surface area contributed by atoms with Crippen molar-refractivity contribution in [3.05, 3.63) is 37.2 Å². The van der Waals surface area contributed by atoms with Gasteiger partial charge in [-0.15, -0.1) is 0 Å². The molecule has 17 heavy (non-hydrogen) atoms. The van der Waals surface area contributed by atoms with E-state index in [0.29, 0.717) is 13.1 Å². The van der Waals surface area contributed by atoms with Crippen LogP contribution in [0.25, 0.3) is 0 Å². The van der Waals surface area contributed by atoms with Crippen LogP contribution >= 0.6 is 0 Å². The van der Waals surface area contributed by atoms with E-state index in [1.165, 1.54) is 6.08 Å². The van der Waals surface area contributed by atoms with E-state index in [1.807, 2.05) is 62.5 Å². The Bertz CT molecular complexity index is 273. The van der Waals surface area contributed by atoms with Crippen LogP contribution in [-0.4, -0.2) is 61.9 Å². The van der Waals surface area contributed by atoms with E-state index in [0.717, 1.165) is 0 Å². The van der Waals surface area contributed by atoms with Crippen molar-refractivity contribution in [2.24, 2.45) is 0 Å². The molecule has 96 valence electrons. The van der Waals surface area contributed by atoms with E-state index < -0.39 is 0 Å². The molecule has 0 fully saturated rings. The summed E-state index contributed by atoms with van der Waals surface area (Å²) in [4.78, 5) is 17.2. The fraction of sp³-hybridized carbons (Fsp3) is 0.462. The molecule has 0 aliphatic rings. The highest BCUT2D eigenvalue weighted by molar-refractivity contribution is 5.87. The van der Waals surface area contributed by atoms with Crippen molar-refractivity contribution in [1.82, 2.24) is 14.7 Å². The van der Waals surface area contributed by atoms with E-state index in [1.54, 1.807) is 4.90 Å². The van der Waals surface area contributed by atoms with Gasteiger partial charge >= 0.3 is 0 Å². The van der Waals surface area contributed by atoms with Gasteiger partial charge in [0.1, 0.15) is 0 Å². The van der Waals surface area contributed by atoms with Crippen molar-refractivity contribution in [3.8, 4) is 0 Å². The second-order valence-electron chi connectivity index (χ2n) is 4.14. The lowest BCUT2D eigenvalue weighted by atomic mass is 10.4. The quantitative estimate of drug-likeness (QED) is 0.622. The molecule has 0 unspecified atom stereocenters. The first kappa shape index (κ1) is 15.3. The fourth-order valence-electron chi connectivity index (χ4n) is 1.15. The normalized spacial score (nSPS) is 10.8. The summed E-state index contributed by atoms with van der Waals surface area (Å²) in [5.74, 6) is -0.0585. The number of nitrogens with zero attached hydrogens (tertiary/aromatic N) is 3. The largest absolute Gasteiger partial charge is 0.384 e. The number of carbonyl (C=O) groups excluding carboxylic acids is 1. The Morgan fingerprint density at radius 3 is 1.71 bits per heavy atom. The summed E-state index contributed by atoms with van der Waals surface area (Å²) in [6, 6.07) is 0. The molecule has 0 aliphatic carbocycles. The number of amides is 1. The third kappa shape index (κ3) is 8.13. The molecule has 0 aliphatic heterocycles. The predicted molar refractivity (Wildman–Crippen MR) is 72.4 cm³/mol. The van der Waals surface area contributed by atoms with Crippen LogP contribution in [0.4, 0.5) is 0 Å². The molecule has 0 aromatic heterocycles. The molecule has 4 heteroatoms. The Labute approximate surface area is 104 Å². The zero-order valence-corrected chi connectivity index (χ0v) is 11.3. The minimum absolute atomic E-state index is 0.0585. The van der Waals surface area contributed by atoms with E-state index in [4.69, 9.17) is 0 Å². The van der Waals surface area contributed by atoms with Gasteiger partial charge in [0.05, 0.1) is 0 Å². The average molecular weight is 237 g/mol. The maximum atomic E-state index is 11.6. The molecule has 0 bridgehead atoms. The van der Waals surface area contributed by atoms with Crippen molar-refractivity contribution in [2.75, 3.05) is 41.3 Å². The van der Waals surface area contributed by atoms with Gasteiger partial charge < -0.3 is 14.7 Å². The standard InChI is InChI=1S/C13H23N3O/c1-6-13(17)16(11-7-9-14(2)3)12-8-10-15(4)5/h6-10H,1,11-12H2,2-5H3. The molecule has 0 aromatic carbocycles. The van der Waals surface area contributed by atoms with Gasteiger partial charge in [0, 0.05) is 41.3 Å². The number of hydrogen-bond donors (Lipinski definition) is 0. The van der Waals surface area contributed by atoms with Crippen LogP contribution < -0.4 is 0 Å². The minimum atomic E-state index is -0.0585. The summed E-state index contributed by atoms with van der Waals surface area (Å²) in [6.45, 7) is 4.68. The third-order valence-electron chi connectivity index (χ3n) is 1.94. The van der Waals surface area contributed by atoms with Gasteiger partial charge in [-0.2, -0.15) is 0 Å². The molecule has 1 amide bonds. The van der Waals surface area contributed by atoms with Gasteiger partial charge in [-0.3, -0.25) is 4.79 Å². The fourth-order valence-corrected chi connectivity index (χ4v) is 1.15. The van der Waals surface area contributed by atoms with Crippen LogP contribution in [0, 0.1) is 0 Å². The summed E-state index contributed by atoms with van der Waals surface area (Å²) in [5.41, 5.74) is 0. The maximum Gasteiger partial charge on any atom is 0.246 e. The summed E-state index contributed by atoms with van der Waals surface area (Å²) in [6.07, 6.45) is 9.10. The number of hydrogen-bond acceptors (Lipinski definition) is 3. The second-order valence-corrected chi connectivity index (χ2v) is 4.14. The van der Waals surface area contributed by atoms with Gasteiger partial charge in [-0.05, 0) is 30.6 Å². The second kappa shape index (κ2) is 8.44. The predicted octanol–water partition coefficient (Wildman–Crippen LogP) is 1.15. The lowest BCUT2D eigenvalue weighted by Gasteiger charge is -2.18. The van der Waals surface area contributed by atoms with Crippen molar-refractivity contribution in [3.63, 3.8) is 0 Å². The zero-order chi connectivity index (χ0) is 13.3. The zero-order valence-electron chi connectivity index (χ0n) is 11.3. The van der Waals surface area contributed by atoms with E-state index >= 15 is 0 Å². The van der Waals surface area contributed by atoms with Crippen molar-refractivity contribution in [2.45, 2.75) is 0 Å². The maximum absolute atomic E-state index is 11.6. The van der Waals surface area contributed by atoms with Gasteiger partial charge in [-0.25, -0.2) is 0 Å². The minimum Gasteiger partial charge on any atom is -0.384 e. The van der Waals surface area contributed by atoms with E-state index in [-0.39, 0.29) is 5.91 Å². The van der Waals surface area contributed by atoms with Crippen LogP contribution in [0.3, 0.4) is 0 Å². The average Bonchev–Trinajstić information content (AvgIpc) is 2.25. The first-order valence-electron chi connectivity index (χ1n) is 5.55. The highest BCUT2D eigenvalue weighted by Gasteiger charge is 2.05. The van der Waals surface area contributed by atoms with E-state index in [2.05, 4.69) is 6.58 Å². The van der Waals surface area contributed by atoms with Gasteiger partial charge in [0.25, 0.3) is 0 Å². The molecule has 0 N–H and O–H groups in total. The summed E-state index contributed by atoms with van der Waals surface area (Å²) < 4.78 is 0. The van der Waals surface area contributed by atoms with Crippen LogP contribution in [-0.2, 0) is 4.79 Å². The smallest absolute Gasteiger partial charge is 0.246 e. The Hall–Kier alpha value is -1.71. The first-order chi connectivity index (χ1) is 7.97. The molecular formula is C13H23N3O. The molecule has 4 nitrogen and oxygen atoms in total. The number of rotatable bonds is 7. The van der Waals surface area contributed by atoms with Crippen molar-refractivity contribution < 1.29 is 4.79 Å². The van der Waals surface area contributed by atoms with Crippen LogP contribution in [0.15, 0.2) is 37.2 Å². The lowest BCUT2D eigenvalue weighted by molar-refractivity contribution is -0.125. The molecule has 0 rings (SSSR count). The summed E-state index contributed by atoms with van der Waals surface area (Å²) in [5, 5.41) is 0. The lowest BCUT2D eigenvalue weighted by Crippen LogP contribution is -2.30. The molecule has 0 heterocycles. The topological polar surface area (TPSA) is 26.8 Å². The molecule has 0 saturated heterocycles. The van der Waals surface area contributed by atoms with Crippen LogP contribution in [0.1, 0.15) is 0 Å². The van der Waals surface area contributed by atoms with Crippen molar-refractivity contribution in [1.29, 1.82) is 0 Å². The Morgan fingerprint density at radius 2 is 1.41 bits per heavy atom.